The molecule has 0 radical (unpaired) electrons. The lowest BCUT2D eigenvalue weighted by molar-refractivity contribution is -0.137. The summed E-state index contributed by atoms with van der Waals surface area (Å²) in [5, 5.41) is 0. The van der Waals surface area contributed by atoms with Gasteiger partial charge in [0.2, 0.25) is 5.91 Å². The molecule has 0 aromatic carbocycles. The van der Waals surface area contributed by atoms with Gasteiger partial charge in [-0.15, -0.1) is 0 Å². The van der Waals surface area contributed by atoms with Crippen LogP contribution in [0, 0.1) is 11.3 Å². The van der Waals surface area contributed by atoms with Crippen LogP contribution in [0.1, 0.15) is 46.0 Å². The van der Waals surface area contributed by atoms with Gasteiger partial charge < -0.3 is 10.6 Å². The highest BCUT2D eigenvalue weighted by Gasteiger charge is 2.37. The van der Waals surface area contributed by atoms with Crippen LogP contribution in [0.2, 0.25) is 0 Å². The number of hydrogen-bond donors (Lipinski definition) is 1. The van der Waals surface area contributed by atoms with Crippen molar-refractivity contribution in [2.24, 2.45) is 17.1 Å². The SMILES string of the molecule is CCC(C)(C(=O)N(C)CC1CCCC1)C(N)=S. The Morgan fingerprint density at radius 1 is 1.47 bits per heavy atom. The molecule has 0 aromatic heterocycles. The van der Waals surface area contributed by atoms with Crippen LogP contribution >= 0.6 is 12.2 Å². The molecule has 0 aliphatic heterocycles. The highest BCUT2D eigenvalue weighted by Crippen LogP contribution is 2.28. The molecule has 1 aliphatic carbocycles. The lowest BCUT2D eigenvalue weighted by Gasteiger charge is -2.32. The standard InChI is InChI=1S/C13H24N2OS/c1-4-13(2,11(14)17)12(16)15(3)9-10-7-5-6-8-10/h10H,4-9H2,1-3H3,(H2,14,17). The normalized spacial score (nSPS) is 19.9. The van der Waals surface area contributed by atoms with Crippen LogP contribution in [0.4, 0.5) is 0 Å². The molecule has 3 nitrogen and oxygen atoms in total. The molecular weight excluding hydrogens is 232 g/mol. The lowest BCUT2D eigenvalue weighted by Crippen LogP contribution is -2.48. The second kappa shape index (κ2) is 5.80. The summed E-state index contributed by atoms with van der Waals surface area (Å²) in [4.78, 5) is 14.5. The minimum Gasteiger partial charge on any atom is -0.392 e. The van der Waals surface area contributed by atoms with Gasteiger partial charge >= 0.3 is 0 Å². The van der Waals surface area contributed by atoms with Crippen molar-refractivity contribution in [3.63, 3.8) is 0 Å². The van der Waals surface area contributed by atoms with Crippen LogP contribution in [0.3, 0.4) is 0 Å². The Kier molecular flexibility index (Phi) is 4.92. The quantitative estimate of drug-likeness (QED) is 0.768. The first-order valence-electron chi connectivity index (χ1n) is 6.47. The predicted octanol–water partition coefficient (Wildman–Crippen LogP) is 2.34. The van der Waals surface area contributed by atoms with Crippen LogP contribution < -0.4 is 5.73 Å². The second-order valence-corrected chi connectivity index (χ2v) is 5.83. The molecule has 4 heteroatoms. The van der Waals surface area contributed by atoms with E-state index in [0.29, 0.717) is 17.3 Å². The van der Waals surface area contributed by atoms with E-state index in [4.69, 9.17) is 18.0 Å². The molecule has 1 amide bonds. The van der Waals surface area contributed by atoms with Gasteiger partial charge in [0.1, 0.15) is 0 Å². The molecule has 98 valence electrons. The van der Waals surface area contributed by atoms with Crippen molar-refractivity contribution < 1.29 is 4.79 Å². The van der Waals surface area contributed by atoms with Gasteiger partial charge in [0, 0.05) is 13.6 Å². The van der Waals surface area contributed by atoms with E-state index in [0.717, 1.165) is 6.54 Å². The zero-order valence-electron chi connectivity index (χ0n) is 11.2. The Morgan fingerprint density at radius 3 is 2.41 bits per heavy atom. The maximum Gasteiger partial charge on any atom is 0.235 e. The van der Waals surface area contributed by atoms with Gasteiger partial charge in [0.15, 0.2) is 0 Å². The highest BCUT2D eigenvalue weighted by atomic mass is 32.1. The van der Waals surface area contributed by atoms with E-state index in [1.54, 1.807) is 0 Å². The van der Waals surface area contributed by atoms with Gasteiger partial charge in [-0.05, 0) is 32.1 Å². The molecule has 2 N–H and O–H groups in total. The van der Waals surface area contributed by atoms with Crippen LogP contribution in [0.25, 0.3) is 0 Å². The topological polar surface area (TPSA) is 46.3 Å². The molecule has 1 saturated carbocycles. The Morgan fingerprint density at radius 2 is 2.00 bits per heavy atom. The molecule has 0 saturated heterocycles. The summed E-state index contributed by atoms with van der Waals surface area (Å²) in [7, 11) is 1.87. The molecule has 0 heterocycles. The van der Waals surface area contributed by atoms with Crippen molar-refractivity contribution in [1.82, 2.24) is 4.90 Å². The third-order valence-corrected chi connectivity index (χ3v) is 4.53. The number of nitrogens with zero attached hydrogens (tertiary/aromatic N) is 1. The van der Waals surface area contributed by atoms with Gasteiger partial charge in [-0.2, -0.15) is 0 Å². The zero-order chi connectivity index (χ0) is 13.1. The predicted molar refractivity (Wildman–Crippen MR) is 74.8 cm³/mol. The molecule has 1 unspecified atom stereocenters. The van der Waals surface area contributed by atoms with Crippen molar-refractivity contribution in [3.05, 3.63) is 0 Å². The number of hydrogen-bond acceptors (Lipinski definition) is 2. The first kappa shape index (κ1) is 14.4. The van der Waals surface area contributed by atoms with Gasteiger partial charge in [-0.1, -0.05) is 32.0 Å². The first-order chi connectivity index (χ1) is 7.91. The van der Waals surface area contributed by atoms with E-state index in [1.165, 1.54) is 25.7 Å². The highest BCUT2D eigenvalue weighted by molar-refractivity contribution is 7.80. The summed E-state index contributed by atoms with van der Waals surface area (Å²) in [6.07, 6.45) is 5.75. The van der Waals surface area contributed by atoms with Crippen LogP contribution in [-0.2, 0) is 4.79 Å². The van der Waals surface area contributed by atoms with E-state index < -0.39 is 5.41 Å². The Hall–Kier alpha value is -0.640. The van der Waals surface area contributed by atoms with Crippen molar-refractivity contribution in [2.75, 3.05) is 13.6 Å². The minimum atomic E-state index is -0.678. The van der Waals surface area contributed by atoms with Gasteiger partial charge in [-0.25, -0.2) is 0 Å². The molecule has 1 atom stereocenters. The molecule has 1 fully saturated rings. The molecule has 0 bridgehead atoms. The Bertz CT molecular complexity index is 300. The summed E-state index contributed by atoms with van der Waals surface area (Å²) in [5.41, 5.74) is 5.03. The summed E-state index contributed by atoms with van der Waals surface area (Å²) in [6.45, 7) is 4.65. The fraction of sp³-hybridized carbons (Fsp3) is 0.846. The van der Waals surface area contributed by atoms with Crippen molar-refractivity contribution in [1.29, 1.82) is 0 Å². The number of amides is 1. The lowest BCUT2D eigenvalue weighted by atomic mass is 9.85. The van der Waals surface area contributed by atoms with E-state index in [9.17, 15) is 4.79 Å². The fourth-order valence-corrected chi connectivity index (χ4v) is 2.75. The molecule has 1 aliphatic rings. The average molecular weight is 256 g/mol. The maximum absolute atomic E-state index is 12.4. The summed E-state index contributed by atoms with van der Waals surface area (Å²) in [6, 6.07) is 0. The molecule has 0 spiro atoms. The van der Waals surface area contributed by atoms with E-state index in [1.807, 2.05) is 25.8 Å². The van der Waals surface area contributed by atoms with Gasteiger partial charge in [0.05, 0.1) is 10.4 Å². The molecule has 17 heavy (non-hydrogen) atoms. The summed E-state index contributed by atoms with van der Waals surface area (Å²) in [5.74, 6) is 0.732. The monoisotopic (exact) mass is 256 g/mol. The smallest absolute Gasteiger partial charge is 0.235 e. The summed E-state index contributed by atoms with van der Waals surface area (Å²) >= 11 is 5.04. The number of carbonyl (C=O) groups excluding carboxylic acids is 1. The maximum atomic E-state index is 12.4. The Labute approximate surface area is 110 Å². The van der Waals surface area contributed by atoms with Crippen molar-refractivity contribution >= 4 is 23.1 Å². The summed E-state index contributed by atoms with van der Waals surface area (Å²) < 4.78 is 0. The number of carbonyl (C=O) groups is 1. The molecule has 0 aromatic rings. The van der Waals surface area contributed by atoms with E-state index in [-0.39, 0.29) is 5.91 Å². The minimum absolute atomic E-state index is 0.0689. The van der Waals surface area contributed by atoms with Crippen molar-refractivity contribution in [3.8, 4) is 0 Å². The zero-order valence-corrected chi connectivity index (χ0v) is 12.0. The third kappa shape index (κ3) is 3.18. The first-order valence-corrected chi connectivity index (χ1v) is 6.88. The number of thiocarbonyl (C=S) groups is 1. The molecule has 1 rings (SSSR count). The van der Waals surface area contributed by atoms with E-state index in [2.05, 4.69) is 0 Å². The molecular formula is C13H24N2OS. The van der Waals surface area contributed by atoms with Crippen LogP contribution in [-0.4, -0.2) is 29.4 Å². The second-order valence-electron chi connectivity index (χ2n) is 5.39. The van der Waals surface area contributed by atoms with Gasteiger partial charge in [-0.3, -0.25) is 4.79 Å². The number of nitrogens with two attached hydrogens (primary N) is 1. The van der Waals surface area contributed by atoms with Crippen LogP contribution in [0.15, 0.2) is 0 Å². The van der Waals surface area contributed by atoms with Crippen molar-refractivity contribution in [2.45, 2.75) is 46.0 Å². The van der Waals surface area contributed by atoms with E-state index >= 15 is 0 Å². The Balaban J connectivity index is 2.63. The fourth-order valence-electron chi connectivity index (χ4n) is 2.52. The van der Waals surface area contributed by atoms with Crippen LogP contribution in [0.5, 0.6) is 0 Å². The number of rotatable bonds is 5. The largest absolute Gasteiger partial charge is 0.392 e. The third-order valence-electron chi connectivity index (χ3n) is 4.08. The average Bonchev–Trinajstić information content (AvgIpc) is 2.79. The van der Waals surface area contributed by atoms with Gasteiger partial charge in [0.25, 0.3) is 0 Å².